The number of aryl methyl sites for hydroxylation is 2. The van der Waals surface area contributed by atoms with Crippen molar-refractivity contribution in [2.75, 3.05) is 0 Å². The molecule has 0 saturated carbocycles. The smallest absolute Gasteiger partial charge is 0.0297 e. The van der Waals surface area contributed by atoms with Gasteiger partial charge in [-0.05, 0) is 38.8 Å². The summed E-state index contributed by atoms with van der Waals surface area (Å²) in [5.74, 6) is 0. The molecule has 100 valence electrons. The third-order valence-corrected chi connectivity index (χ3v) is 3.65. The van der Waals surface area contributed by atoms with Gasteiger partial charge in [-0.2, -0.15) is 0 Å². The molecule has 0 aliphatic rings. The van der Waals surface area contributed by atoms with E-state index in [9.17, 15) is 0 Å². The molecule has 0 heterocycles. The van der Waals surface area contributed by atoms with Crippen LogP contribution in [0.15, 0.2) is 48.5 Å². The number of nitrogens with one attached hydrogen (secondary N) is 1. The Morgan fingerprint density at radius 1 is 0.632 bits per heavy atom. The standard InChI is InChI=1S/C18H23N/c1-13-5-9-17(10-6-13)15(3)19-16(4)18-11-7-14(2)8-12-18/h5-12,15-16,19H,1-4H3. The first-order valence-electron chi connectivity index (χ1n) is 6.95. The largest absolute Gasteiger partial charge is 0.304 e. The van der Waals surface area contributed by atoms with Gasteiger partial charge in [0.05, 0.1) is 0 Å². The van der Waals surface area contributed by atoms with Crippen LogP contribution in [0.1, 0.15) is 48.2 Å². The van der Waals surface area contributed by atoms with Gasteiger partial charge in [-0.3, -0.25) is 0 Å². The summed E-state index contributed by atoms with van der Waals surface area (Å²) in [5, 5.41) is 3.65. The summed E-state index contributed by atoms with van der Waals surface area (Å²) in [6.07, 6.45) is 0. The van der Waals surface area contributed by atoms with Crippen molar-refractivity contribution in [2.45, 2.75) is 39.8 Å². The molecular weight excluding hydrogens is 230 g/mol. The molecule has 0 fully saturated rings. The Morgan fingerprint density at radius 3 is 1.26 bits per heavy atom. The van der Waals surface area contributed by atoms with Crippen LogP contribution in [0, 0.1) is 13.8 Å². The first-order chi connectivity index (χ1) is 9.06. The van der Waals surface area contributed by atoms with Crippen molar-refractivity contribution in [3.63, 3.8) is 0 Å². The Morgan fingerprint density at radius 2 is 0.947 bits per heavy atom. The highest BCUT2D eigenvalue weighted by molar-refractivity contribution is 5.26. The number of rotatable bonds is 4. The fraction of sp³-hybridized carbons (Fsp3) is 0.333. The number of hydrogen-bond acceptors (Lipinski definition) is 1. The lowest BCUT2D eigenvalue weighted by Crippen LogP contribution is -2.22. The Balaban J connectivity index is 2.03. The van der Waals surface area contributed by atoms with Crippen LogP contribution in [0.25, 0.3) is 0 Å². The third kappa shape index (κ3) is 3.68. The monoisotopic (exact) mass is 253 g/mol. The van der Waals surface area contributed by atoms with E-state index in [-0.39, 0.29) is 0 Å². The summed E-state index contributed by atoms with van der Waals surface area (Å²) in [6.45, 7) is 8.68. The van der Waals surface area contributed by atoms with Gasteiger partial charge in [-0.15, -0.1) is 0 Å². The highest BCUT2D eigenvalue weighted by atomic mass is 14.9. The Kier molecular flexibility index (Phi) is 4.39. The maximum absolute atomic E-state index is 3.65. The van der Waals surface area contributed by atoms with Gasteiger partial charge in [-0.25, -0.2) is 0 Å². The molecule has 0 aliphatic heterocycles. The molecule has 0 bridgehead atoms. The zero-order valence-electron chi connectivity index (χ0n) is 12.3. The molecule has 0 saturated heterocycles. The molecule has 0 amide bonds. The van der Waals surface area contributed by atoms with E-state index >= 15 is 0 Å². The second kappa shape index (κ2) is 6.03. The van der Waals surface area contributed by atoms with E-state index in [4.69, 9.17) is 0 Å². The van der Waals surface area contributed by atoms with E-state index in [0.29, 0.717) is 12.1 Å². The van der Waals surface area contributed by atoms with Crippen molar-refractivity contribution < 1.29 is 0 Å². The van der Waals surface area contributed by atoms with Crippen molar-refractivity contribution in [2.24, 2.45) is 0 Å². The second-order valence-electron chi connectivity index (χ2n) is 5.43. The van der Waals surface area contributed by atoms with Gasteiger partial charge in [0.1, 0.15) is 0 Å². The van der Waals surface area contributed by atoms with Crippen LogP contribution in [0.3, 0.4) is 0 Å². The fourth-order valence-corrected chi connectivity index (χ4v) is 2.28. The maximum atomic E-state index is 3.65. The molecular formula is C18H23N. The van der Waals surface area contributed by atoms with Crippen LogP contribution >= 0.6 is 0 Å². The number of benzene rings is 2. The quantitative estimate of drug-likeness (QED) is 0.831. The SMILES string of the molecule is Cc1ccc(C(C)NC(C)c2ccc(C)cc2)cc1. The zero-order valence-corrected chi connectivity index (χ0v) is 12.3. The molecule has 2 aromatic rings. The molecule has 0 spiro atoms. The molecule has 1 heteroatoms. The van der Waals surface area contributed by atoms with Gasteiger partial charge >= 0.3 is 0 Å². The van der Waals surface area contributed by atoms with E-state index < -0.39 is 0 Å². The molecule has 0 aromatic heterocycles. The summed E-state index contributed by atoms with van der Waals surface area (Å²) < 4.78 is 0. The van der Waals surface area contributed by atoms with Gasteiger partial charge in [-0.1, -0.05) is 59.7 Å². The Bertz CT molecular complexity index is 461. The maximum Gasteiger partial charge on any atom is 0.0297 e. The van der Waals surface area contributed by atoms with E-state index in [0.717, 1.165) is 0 Å². The molecule has 2 rings (SSSR count). The van der Waals surface area contributed by atoms with Gasteiger partial charge < -0.3 is 5.32 Å². The molecule has 1 N–H and O–H groups in total. The normalized spacial score (nSPS) is 14.1. The third-order valence-electron chi connectivity index (χ3n) is 3.65. The molecule has 19 heavy (non-hydrogen) atoms. The molecule has 2 aromatic carbocycles. The van der Waals surface area contributed by atoms with E-state index in [2.05, 4.69) is 81.5 Å². The molecule has 2 unspecified atom stereocenters. The minimum absolute atomic E-state index is 0.358. The first kappa shape index (κ1) is 13.8. The summed E-state index contributed by atoms with van der Waals surface area (Å²) in [4.78, 5) is 0. The predicted octanol–water partition coefficient (Wildman–Crippen LogP) is 4.72. The van der Waals surface area contributed by atoms with Crippen LogP contribution < -0.4 is 5.32 Å². The van der Waals surface area contributed by atoms with E-state index in [1.807, 2.05) is 0 Å². The summed E-state index contributed by atoms with van der Waals surface area (Å²) in [5.41, 5.74) is 5.29. The summed E-state index contributed by atoms with van der Waals surface area (Å²) in [6, 6.07) is 18.2. The first-order valence-corrected chi connectivity index (χ1v) is 6.95. The molecule has 0 radical (unpaired) electrons. The topological polar surface area (TPSA) is 12.0 Å². The Labute approximate surface area is 116 Å². The lowest BCUT2D eigenvalue weighted by atomic mass is 10.0. The van der Waals surface area contributed by atoms with Gasteiger partial charge in [0.15, 0.2) is 0 Å². The lowest BCUT2D eigenvalue weighted by molar-refractivity contribution is 0.494. The van der Waals surface area contributed by atoms with Crippen LogP contribution in [-0.2, 0) is 0 Å². The highest BCUT2D eigenvalue weighted by Gasteiger charge is 2.10. The summed E-state index contributed by atoms with van der Waals surface area (Å²) >= 11 is 0. The van der Waals surface area contributed by atoms with Gasteiger partial charge in [0, 0.05) is 12.1 Å². The Hall–Kier alpha value is -1.60. The van der Waals surface area contributed by atoms with Crippen molar-refractivity contribution in [3.05, 3.63) is 70.8 Å². The average molecular weight is 253 g/mol. The van der Waals surface area contributed by atoms with Crippen LogP contribution in [0.2, 0.25) is 0 Å². The highest BCUT2D eigenvalue weighted by Crippen LogP contribution is 2.20. The molecule has 0 aliphatic carbocycles. The zero-order chi connectivity index (χ0) is 13.8. The van der Waals surface area contributed by atoms with Crippen molar-refractivity contribution in [1.29, 1.82) is 0 Å². The molecule has 1 nitrogen and oxygen atoms in total. The van der Waals surface area contributed by atoms with Crippen LogP contribution in [-0.4, -0.2) is 0 Å². The predicted molar refractivity (Wildman–Crippen MR) is 82.3 cm³/mol. The minimum Gasteiger partial charge on any atom is -0.304 e. The van der Waals surface area contributed by atoms with E-state index in [1.54, 1.807) is 0 Å². The van der Waals surface area contributed by atoms with Crippen molar-refractivity contribution >= 4 is 0 Å². The van der Waals surface area contributed by atoms with Crippen LogP contribution in [0.5, 0.6) is 0 Å². The minimum atomic E-state index is 0.358. The van der Waals surface area contributed by atoms with Crippen molar-refractivity contribution in [3.8, 4) is 0 Å². The van der Waals surface area contributed by atoms with Gasteiger partial charge in [0.2, 0.25) is 0 Å². The van der Waals surface area contributed by atoms with Crippen LogP contribution in [0.4, 0.5) is 0 Å². The molecule has 2 atom stereocenters. The number of hydrogen-bond donors (Lipinski definition) is 1. The van der Waals surface area contributed by atoms with E-state index in [1.165, 1.54) is 22.3 Å². The van der Waals surface area contributed by atoms with Gasteiger partial charge in [0.25, 0.3) is 0 Å². The fourth-order valence-electron chi connectivity index (χ4n) is 2.28. The summed E-state index contributed by atoms with van der Waals surface area (Å²) in [7, 11) is 0. The average Bonchev–Trinajstić information content (AvgIpc) is 2.40. The second-order valence-corrected chi connectivity index (χ2v) is 5.43. The lowest BCUT2D eigenvalue weighted by Gasteiger charge is -2.21. The van der Waals surface area contributed by atoms with Crippen molar-refractivity contribution in [1.82, 2.24) is 5.32 Å².